The van der Waals surface area contributed by atoms with E-state index in [4.69, 9.17) is 23.7 Å². The van der Waals surface area contributed by atoms with Gasteiger partial charge in [-0.25, -0.2) is 4.98 Å². The number of rotatable bonds is 4. The largest absolute Gasteiger partial charge is 0.342 e. The molecule has 2 N–H and O–H groups in total. The number of thiazole rings is 1. The van der Waals surface area contributed by atoms with Crippen LogP contribution in [0.5, 0.6) is 0 Å². The fourth-order valence-electron chi connectivity index (χ4n) is 3.68. The molecule has 1 aromatic rings. The van der Waals surface area contributed by atoms with Gasteiger partial charge in [0.2, 0.25) is 5.91 Å². The first-order chi connectivity index (χ1) is 13.5. The van der Waals surface area contributed by atoms with Crippen molar-refractivity contribution in [3.05, 3.63) is 11.6 Å². The normalized spacial score (nSPS) is 35.4. The van der Waals surface area contributed by atoms with Gasteiger partial charge in [0.1, 0.15) is 24.4 Å². The van der Waals surface area contributed by atoms with Gasteiger partial charge in [-0.1, -0.05) is 0 Å². The van der Waals surface area contributed by atoms with Crippen molar-refractivity contribution in [2.24, 2.45) is 0 Å². The van der Waals surface area contributed by atoms with E-state index in [1.807, 2.05) is 0 Å². The maximum absolute atomic E-state index is 13.0. The van der Waals surface area contributed by atoms with E-state index in [-0.39, 0.29) is 5.91 Å². The van der Waals surface area contributed by atoms with Gasteiger partial charge in [0, 0.05) is 11.6 Å². The Labute approximate surface area is 172 Å². The number of hydrogen-bond donors (Lipinski definition) is 2. The summed E-state index contributed by atoms with van der Waals surface area (Å²) in [6.07, 6.45) is -1.97. The Morgan fingerprint density at radius 1 is 1.07 bits per heavy atom. The highest BCUT2D eigenvalue weighted by Gasteiger charge is 2.62. The Morgan fingerprint density at radius 3 is 2.41 bits per heavy atom. The molecular weight excluding hydrogens is 402 g/mol. The van der Waals surface area contributed by atoms with Crippen LogP contribution in [0.4, 0.5) is 5.13 Å². The topological polar surface area (TPSA) is 117 Å². The standard InChI is InChI=1S/C18H25N3O7S/c1-8(13(22)21-16-19-6-7-29-16)20-14(23)11-9-10(26-17(2,3)25-9)12-15(24-11)28-18(4,5)27-12/h6-12,15H,1-5H3,(H,20,23)(H,19,21,22)/t8-,9-,10-,11+,12-,15+/m0/s1. The number of carbonyl (C=O) groups is 2. The lowest BCUT2D eigenvalue weighted by Crippen LogP contribution is -2.60. The van der Waals surface area contributed by atoms with Crippen molar-refractivity contribution in [3.63, 3.8) is 0 Å². The monoisotopic (exact) mass is 427 g/mol. The molecule has 0 bridgehead atoms. The second-order valence-corrected chi connectivity index (χ2v) is 9.04. The molecule has 0 spiro atoms. The first-order valence-corrected chi connectivity index (χ1v) is 10.3. The van der Waals surface area contributed by atoms with Crippen molar-refractivity contribution in [2.75, 3.05) is 5.32 Å². The van der Waals surface area contributed by atoms with Crippen molar-refractivity contribution in [1.82, 2.24) is 10.3 Å². The van der Waals surface area contributed by atoms with Gasteiger partial charge in [-0.3, -0.25) is 9.59 Å². The minimum atomic E-state index is -1.02. The van der Waals surface area contributed by atoms with Gasteiger partial charge < -0.3 is 34.3 Å². The Bertz CT molecular complexity index is 784. The molecule has 4 heterocycles. The van der Waals surface area contributed by atoms with Gasteiger partial charge in [0.25, 0.3) is 5.91 Å². The SMILES string of the molecule is C[C@H](NC(=O)[C@@H]1O[C@@H]2OC(C)(C)O[C@H]2[C@H]2OC(C)(C)O[C@@H]21)C(=O)Nc1nccs1. The van der Waals surface area contributed by atoms with E-state index in [0.29, 0.717) is 5.13 Å². The molecule has 0 saturated carbocycles. The van der Waals surface area contributed by atoms with Gasteiger partial charge >= 0.3 is 0 Å². The summed E-state index contributed by atoms with van der Waals surface area (Å²) in [5.41, 5.74) is 0. The van der Waals surface area contributed by atoms with Crippen molar-refractivity contribution in [2.45, 2.75) is 82.9 Å². The second kappa shape index (κ2) is 7.25. The molecule has 0 radical (unpaired) electrons. The predicted octanol–water partition coefficient (Wildman–Crippen LogP) is 0.983. The maximum atomic E-state index is 13.0. The van der Waals surface area contributed by atoms with E-state index < -0.39 is 54.2 Å². The van der Waals surface area contributed by atoms with Gasteiger partial charge in [0.05, 0.1) is 0 Å². The molecule has 3 aliphatic heterocycles. The number of nitrogens with one attached hydrogen (secondary N) is 2. The molecule has 3 saturated heterocycles. The highest BCUT2D eigenvalue weighted by molar-refractivity contribution is 7.13. The van der Waals surface area contributed by atoms with Crippen molar-refractivity contribution in [3.8, 4) is 0 Å². The molecular formula is C18H25N3O7S. The van der Waals surface area contributed by atoms with Crippen molar-refractivity contribution >= 4 is 28.3 Å². The Hall–Kier alpha value is -1.63. The quantitative estimate of drug-likeness (QED) is 0.730. The molecule has 6 atom stereocenters. The zero-order valence-corrected chi connectivity index (χ0v) is 17.6. The van der Waals surface area contributed by atoms with Crippen LogP contribution in [0.15, 0.2) is 11.6 Å². The van der Waals surface area contributed by atoms with Crippen LogP contribution in [0.3, 0.4) is 0 Å². The van der Waals surface area contributed by atoms with Crippen LogP contribution < -0.4 is 10.6 Å². The molecule has 0 aliphatic carbocycles. The maximum Gasteiger partial charge on any atom is 0.252 e. The van der Waals surface area contributed by atoms with Crippen molar-refractivity contribution < 1.29 is 33.3 Å². The molecule has 11 heteroatoms. The number of aromatic nitrogens is 1. The van der Waals surface area contributed by atoms with Gasteiger partial charge in [-0.2, -0.15) is 0 Å². The lowest BCUT2D eigenvalue weighted by Gasteiger charge is -2.36. The summed E-state index contributed by atoms with van der Waals surface area (Å²) in [6.45, 7) is 8.65. The van der Waals surface area contributed by atoms with Crippen LogP contribution in [-0.2, 0) is 33.3 Å². The molecule has 3 fully saturated rings. The van der Waals surface area contributed by atoms with Crippen LogP contribution in [0.25, 0.3) is 0 Å². The number of ether oxygens (including phenoxy) is 5. The smallest absolute Gasteiger partial charge is 0.252 e. The molecule has 10 nitrogen and oxygen atoms in total. The summed E-state index contributed by atoms with van der Waals surface area (Å²) in [6, 6.07) is -0.807. The molecule has 0 aromatic carbocycles. The fraction of sp³-hybridized carbons (Fsp3) is 0.722. The van der Waals surface area contributed by atoms with E-state index in [9.17, 15) is 9.59 Å². The third-order valence-electron chi connectivity index (χ3n) is 4.83. The summed E-state index contributed by atoms with van der Waals surface area (Å²) in [5, 5.41) is 7.53. The van der Waals surface area contributed by atoms with E-state index in [1.165, 1.54) is 11.3 Å². The third kappa shape index (κ3) is 4.16. The number of fused-ring (bicyclic) bond motifs is 3. The Kier molecular flexibility index (Phi) is 5.16. The van der Waals surface area contributed by atoms with Gasteiger partial charge in [-0.15, -0.1) is 11.3 Å². The summed E-state index contributed by atoms with van der Waals surface area (Å²) >= 11 is 1.29. The van der Waals surface area contributed by atoms with Crippen LogP contribution in [-0.4, -0.2) is 65.1 Å². The van der Waals surface area contributed by atoms with E-state index in [0.717, 1.165) is 0 Å². The zero-order chi connectivity index (χ0) is 21.0. The lowest BCUT2D eigenvalue weighted by atomic mass is 9.98. The number of amides is 2. The average Bonchev–Trinajstić information content (AvgIpc) is 3.29. The fourth-order valence-corrected chi connectivity index (χ4v) is 4.22. The minimum Gasteiger partial charge on any atom is -0.342 e. The minimum absolute atomic E-state index is 0.385. The zero-order valence-electron chi connectivity index (χ0n) is 16.8. The van der Waals surface area contributed by atoms with Crippen LogP contribution in [0, 0.1) is 0 Å². The highest BCUT2D eigenvalue weighted by Crippen LogP contribution is 2.44. The number of anilines is 1. The molecule has 3 aliphatic rings. The number of hydrogen-bond acceptors (Lipinski definition) is 9. The third-order valence-corrected chi connectivity index (χ3v) is 5.52. The molecule has 0 unspecified atom stereocenters. The van der Waals surface area contributed by atoms with E-state index in [2.05, 4.69) is 15.6 Å². The molecule has 29 heavy (non-hydrogen) atoms. The van der Waals surface area contributed by atoms with E-state index in [1.54, 1.807) is 46.2 Å². The lowest BCUT2D eigenvalue weighted by molar-refractivity contribution is -0.231. The highest BCUT2D eigenvalue weighted by atomic mass is 32.1. The first kappa shape index (κ1) is 20.6. The predicted molar refractivity (Wildman–Crippen MR) is 101 cm³/mol. The number of nitrogens with zero attached hydrogens (tertiary/aromatic N) is 1. The molecule has 160 valence electrons. The van der Waals surface area contributed by atoms with E-state index >= 15 is 0 Å². The average molecular weight is 427 g/mol. The van der Waals surface area contributed by atoms with Crippen LogP contribution in [0.2, 0.25) is 0 Å². The van der Waals surface area contributed by atoms with Crippen LogP contribution >= 0.6 is 11.3 Å². The van der Waals surface area contributed by atoms with Gasteiger partial charge in [0.15, 0.2) is 29.1 Å². The Morgan fingerprint density at radius 2 is 1.72 bits per heavy atom. The summed E-state index contributed by atoms with van der Waals surface area (Å²) < 4.78 is 29.5. The van der Waals surface area contributed by atoms with Crippen LogP contribution in [0.1, 0.15) is 34.6 Å². The van der Waals surface area contributed by atoms with Gasteiger partial charge in [-0.05, 0) is 34.6 Å². The summed E-state index contributed by atoms with van der Waals surface area (Å²) in [4.78, 5) is 29.3. The Balaban J connectivity index is 1.46. The molecule has 2 amide bonds. The summed E-state index contributed by atoms with van der Waals surface area (Å²) in [5.74, 6) is -2.66. The number of carbonyl (C=O) groups excluding carboxylic acids is 2. The molecule has 1 aromatic heterocycles. The van der Waals surface area contributed by atoms with Crippen molar-refractivity contribution in [1.29, 1.82) is 0 Å². The second-order valence-electron chi connectivity index (χ2n) is 8.15. The summed E-state index contributed by atoms with van der Waals surface area (Å²) in [7, 11) is 0. The molecule has 4 rings (SSSR count). The first-order valence-electron chi connectivity index (χ1n) is 9.42.